The molecule has 1 aromatic heterocycles. The van der Waals surface area contributed by atoms with Gasteiger partial charge < -0.3 is 10.1 Å². The minimum Gasteiger partial charge on any atom is -0.467 e. The highest BCUT2D eigenvalue weighted by Gasteiger charge is 2.23. The van der Waals surface area contributed by atoms with Crippen molar-refractivity contribution in [1.29, 1.82) is 0 Å². The highest BCUT2D eigenvalue weighted by Crippen LogP contribution is 2.16. The summed E-state index contributed by atoms with van der Waals surface area (Å²) in [4.78, 5) is 42.1. The first-order valence-corrected chi connectivity index (χ1v) is 9.53. The Labute approximate surface area is 167 Å². The number of carbonyl (C=O) groups excluding carboxylic acids is 2. The van der Waals surface area contributed by atoms with Crippen molar-refractivity contribution in [3.63, 3.8) is 0 Å². The highest BCUT2D eigenvalue weighted by atomic mass is 16.5. The molecule has 0 fully saturated rings. The summed E-state index contributed by atoms with van der Waals surface area (Å²) in [5.74, 6) is -0.186. The Balaban J connectivity index is 1.60. The van der Waals surface area contributed by atoms with Gasteiger partial charge in [-0.1, -0.05) is 30.3 Å². The van der Waals surface area contributed by atoms with E-state index in [0.29, 0.717) is 29.4 Å². The molecule has 0 saturated carbocycles. The number of esters is 1. The molecular formula is C22H21N3O4. The summed E-state index contributed by atoms with van der Waals surface area (Å²) in [7, 11) is 1.29. The van der Waals surface area contributed by atoms with Crippen LogP contribution in [0.3, 0.4) is 0 Å². The van der Waals surface area contributed by atoms with Crippen molar-refractivity contribution in [1.82, 2.24) is 14.9 Å². The fourth-order valence-corrected chi connectivity index (χ4v) is 3.65. The van der Waals surface area contributed by atoms with Crippen molar-refractivity contribution >= 4 is 22.8 Å². The van der Waals surface area contributed by atoms with E-state index in [-0.39, 0.29) is 5.56 Å². The van der Waals surface area contributed by atoms with Gasteiger partial charge in [-0.2, -0.15) is 0 Å². The summed E-state index contributed by atoms with van der Waals surface area (Å²) in [5.41, 5.74) is 1.67. The Morgan fingerprint density at radius 2 is 2.00 bits per heavy atom. The quantitative estimate of drug-likeness (QED) is 0.671. The fraction of sp³-hybridized carbons (Fsp3) is 0.273. The van der Waals surface area contributed by atoms with E-state index in [1.807, 2.05) is 30.3 Å². The van der Waals surface area contributed by atoms with Crippen molar-refractivity contribution in [3.05, 3.63) is 75.8 Å². The van der Waals surface area contributed by atoms with Crippen LogP contribution < -0.4 is 10.9 Å². The lowest BCUT2D eigenvalue weighted by molar-refractivity contribution is -0.142. The van der Waals surface area contributed by atoms with E-state index in [0.717, 1.165) is 24.2 Å². The summed E-state index contributed by atoms with van der Waals surface area (Å²) in [6.45, 7) is 0.680. The highest BCUT2D eigenvalue weighted by molar-refractivity contribution is 5.99. The molecule has 1 aliphatic heterocycles. The van der Waals surface area contributed by atoms with E-state index in [9.17, 15) is 14.4 Å². The molecule has 2 aromatic carbocycles. The van der Waals surface area contributed by atoms with E-state index >= 15 is 0 Å². The molecule has 4 rings (SSSR count). The monoisotopic (exact) mass is 391 g/mol. The predicted molar refractivity (Wildman–Crippen MR) is 108 cm³/mol. The third-order valence-corrected chi connectivity index (χ3v) is 5.15. The van der Waals surface area contributed by atoms with Crippen LogP contribution in [0.4, 0.5) is 0 Å². The average molecular weight is 391 g/mol. The molecule has 3 aromatic rings. The molecule has 0 bridgehead atoms. The number of aryl methyl sites for hydroxylation is 1. The summed E-state index contributed by atoms with van der Waals surface area (Å²) in [6.07, 6.45) is 1.97. The van der Waals surface area contributed by atoms with Gasteiger partial charge in [-0.25, -0.2) is 9.78 Å². The molecule has 0 spiro atoms. The van der Waals surface area contributed by atoms with Gasteiger partial charge in [0.15, 0.2) is 0 Å². The van der Waals surface area contributed by atoms with Crippen molar-refractivity contribution in [2.45, 2.75) is 31.8 Å². The third-order valence-electron chi connectivity index (χ3n) is 5.15. The van der Waals surface area contributed by atoms with E-state index < -0.39 is 17.9 Å². The number of carbonyl (C=O) groups is 2. The number of methoxy groups -OCH3 is 1. The molecule has 7 nitrogen and oxygen atoms in total. The van der Waals surface area contributed by atoms with Crippen LogP contribution >= 0.6 is 0 Å². The average Bonchev–Trinajstić information content (AvgIpc) is 3.22. The number of fused-ring (bicyclic) bond motifs is 2. The Morgan fingerprint density at radius 1 is 1.21 bits per heavy atom. The largest absolute Gasteiger partial charge is 0.467 e. The van der Waals surface area contributed by atoms with Gasteiger partial charge in [0.1, 0.15) is 11.9 Å². The fourth-order valence-electron chi connectivity index (χ4n) is 3.65. The number of ether oxygens (including phenoxy) is 1. The van der Waals surface area contributed by atoms with E-state index in [2.05, 4.69) is 10.3 Å². The molecule has 1 N–H and O–H groups in total. The molecule has 0 saturated heterocycles. The number of nitrogens with one attached hydrogen (secondary N) is 1. The number of amides is 1. The molecule has 7 heteroatoms. The van der Waals surface area contributed by atoms with Crippen LogP contribution in [-0.4, -0.2) is 34.6 Å². The molecule has 0 aliphatic carbocycles. The van der Waals surface area contributed by atoms with Crippen LogP contribution in [0.1, 0.15) is 28.2 Å². The Bertz CT molecular complexity index is 1140. The van der Waals surface area contributed by atoms with E-state index in [1.54, 1.807) is 22.8 Å². The molecule has 1 amide bonds. The molecular weight excluding hydrogens is 370 g/mol. The zero-order valence-corrected chi connectivity index (χ0v) is 16.1. The summed E-state index contributed by atoms with van der Waals surface area (Å²) in [6, 6.07) is 13.4. The normalized spacial score (nSPS) is 13.7. The Kier molecular flexibility index (Phi) is 5.12. The lowest BCUT2D eigenvalue weighted by Crippen LogP contribution is -2.43. The van der Waals surface area contributed by atoms with Crippen molar-refractivity contribution < 1.29 is 14.3 Å². The van der Waals surface area contributed by atoms with Gasteiger partial charge >= 0.3 is 5.97 Å². The second kappa shape index (κ2) is 7.87. The summed E-state index contributed by atoms with van der Waals surface area (Å²) < 4.78 is 6.54. The maximum absolute atomic E-state index is 12.8. The van der Waals surface area contributed by atoms with Gasteiger partial charge in [0.05, 0.1) is 18.0 Å². The molecule has 148 valence electrons. The summed E-state index contributed by atoms with van der Waals surface area (Å²) >= 11 is 0. The molecule has 29 heavy (non-hydrogen) atoms. The maximum Gasteiger partial charge on any atom is 0.328 e. The minimum atomic E-state index is -0.816. The number of nitrogens with zero attached hydrogens (tertiary/aromatic N) is 2. The van der Waals surface area contributed by atoms with Gasteiger partial charge in [0.25, 0.3) is 11.5 Å². The number of benzene rings is 2. The number of hydrogen-bond donors (Lipinski definition) is 1. The van der Waals surface area contributed by atoms with Crippen molar-refractivity contribution in [2.75, 3.05) is 7.11 Å². The van der Waals surface area contributed by atoms with Gasteiger partial charge in [-0.15, -0.1) is 0 Å². The first-order valence-electron chi connectivity index (χ1n) is 9.53. The number of rotatable bonds is 5. The van der Waals surface area contributed by atoms with Crippen LogP contribution in [0.15, 0.2) is 53.3 Å². The Morgan fingerprint density at radius 3 is 2.76 bits per heavy atom. The van der Waals surface area contributed by atoms with Crippen molar-refractivity contribution in [2.24, 2.45) is 0 Å². The standard InChI is InChI=1S/C22H21N3O4/c1-29-22(28)18(12-14-6-3-2-4-7-14)24-20(26)15-9-10-16-17(13-15)23-19-8-5-11-25(19)21(16)27/h2-4,6-7,9-10,13,18H,5,8,11-12H2,1H3,(H,24,26). The molecule has 0 radical (unpaired) electrons. The first-order chi connectivity index (χ1) is 14.1. The Hall–Kier alpha value is -3.48. The molecule has 2 heterocycles. The maximum atomic E-state index is 12.8. The minimum absolute atomic E-state index is 0.0778. The van der Waals surface area contributed by atoms with Crippen LogP contribution in [0, 0.1) is 0 Å². The summed E-state index contributed by atoms with van der Waals surface area (Å²) in [5, 5.41) is 3.23. The van der Waals surface area contributed by atoms with Crippen molar-refractivity contribution in [3.8, 4) is 0 Å². The van der Waals surface area contributed by atoms with Gasteiger partial charge in [-0.05, 0) is 30.2 Å². The van der Waals surface area contributed by atoms with Gasteiger partial charge in [0.2, 0.25) is 0 Å². The lowest BCUT2D eigenvalue weighted by atomic mass is 10.1. The van der Waals surface area contributed by atoms with Crippen LogP contribution in [-0.2, 0) is 28.9 Å². The zero-order valence-electron chi connectivity index (χ0n) is 16.1. The topological polar surface area (TPSA) is 90.3 Å². The van der Waals surface area contributed by atoms with E-state index in [4.69, 9.17) is 4.74 Å². The number of hydrogen-bond acceptors (Lipinski definition) is 5. The smallest absolute Gasteiger partial charge is 0.328 e. The molecule has 1 atom stereocenters. The van der Waals surface area contributed by atoms with Gasteiger partial charge in [-0.3, -0.25) is 14.2 Å². The SMILES string of the molecule is COC(=O)C(Cc1ccccc1)NC(=O)c1ccc2c(=O)n3c(nc2c1)CCC3. The third kappa shape index (κ3) is 3.76. The molecule has 1 aliphatic rings. The van der Waals surface area contributed by atoms with Gasteiger partial charge in [0, 0.05) is 24.9 Å². The lowest BCUT2D eigenvalue weighted by Gasteiger charge is -2.17. The number of aromatic nitrogens is 2. The predicted octanol–water partition coefficient (Wildman–Crippen LogP) is 1.86. The van der Waals surface area contributed by atoms with Crippen LogP contribution in [0.25, 0.3) is 10.9 Å². The van der Waals surface area contributed by atoms with E-state index in [1.165, 1.54) is 7.11 Å². The first kappa shape index (κ1) is 18.9. The zero-order chi connectivity index (χ0) is 20.4. The van der Waals surface area contributed by atoms with Crippen LogP contribution in [0.5, 0.6) is 0 Å². The molecule has 1 unspecified atom stereocenters. The van der Waals surface area contributed by atoms with Crippen LogP contribution in [0.2, 0.25) is 0 Å². The second-order valence-electron chi connectivity index (χ2n) is 7.06. The second-order valence-corrected chi connectivity index (χ2v) is 7.06.